The number of hydrogen-bond acceptors (Lipinski definition) is 4. The number of ether oxygens (including phenoxy) is 1. The molecule has 0 radical (unpaired) electrons. The first-order chi connectivity index (χ1) is 10.7. The van der Waals surface area contributed by atoms with Gasteiger partial charge in [-0.05, 0) is 36.4 Å². The Bertz CT molecular complexity index is 785. The number of anilines is 1. The third kappa shape index (κ3) is 2.93. The molecule has 5 nitrogen and oxygen atoms in total. The van der Waals surface area contributed by atoms with Crippen LogP contribution < -0.4 is 15.9 Å². The first-order valence-electron chi connectivity index (χ1n) is 6.75. The number of nitrogens with two attached hydrogens (primary N) is 2. The summed E-state index contributed by atoms with van der Waals surface area (Å²) in [7, 11) is 0. The average Bonchev–Trinajstić information content (AvgIpc) is 2.56. The van der Waals surface area contributed by atoms with Crippen LogP contribution in [0.2, 0.25) is 0 Å². The number of para-hydroxylation sites is 1. The molecule has 0 aliphatic heterocycles. The second kappa shape index (κ2) is 6.05. The van der Waals surface area contributed by atoms with Gasteiger partial charge in [-0.2, -0.15) is 0 Å². The summed E-state index contributed by atoms with van der Waals surface area (Å²) in [5, 5.41) is 6.14. The molecule has 108 valence electrons. The van der Waals surface area contributed by atoms with Gasteiger partial charge in [-0.15, -0.1) is 0 Å². The van der Waals surface area contributed by atoms with Crippen LogP contribution in [0, 0.1) is 0 Å². The van der Waals surface area contributed by atoms with Crippen molar-refractivity contribution in [1.29, 1.82) is 0 Å². The van der Waals surface area contributed by atoms with Crippen molar-refractivity contribution >= 4 is 11.5 Å². The molecule has 0 aliphatic carbocycles. The minimum atomic E-state index is 0.358. The molecule has 0 saturated carbocycles. The summed E-state index contributed by atoms with van der Waals surface area (Å²) in [4.78, 5) is 7.89. The maximum absolute atomic E-state index is 6.14. The highest BCUT2D eigenvalue weighted by Crippen LogP contribution is 2.22. The molecule has 0 aliphatic rings. The van der Waals surface area contributed by atoms with E-state index >= 15 is 0 Å². The van der Waals surface area contributed by atoms with Gasteiger partial charge in [0, 0.05) is 11.8 Å². The second-order valence-electron chi connectivity index (χ2n) is 4.67. The van der Waals surface area contributed by atoms with E-state index in [9.17, 15) is 0 Å². The second-order valence-corrected chi connectivity index (χ2v) is 4.67. The molecule has 2 aromatic carbocycles. The predicted molar refractivity (Wildman–Crippen MR) is 84.5 cm³/mol. The summed E-state index contributed by atoms with van der Waals surface area (Å²) in [5.41, 5.74) is 7.81. The van der Waals surface area contributed by atoms with Crippen LogP contribution in [0.3, 0.4) is 0 Å². The van der Waals surface area contributed by atoms with Crippen molar-refractivity contribution in [1.82, 2.24) is 9.97 Å². The Morgan fingerprint density at radius 2 is 1.64 bits per heavy atom. The van der Waals surface area contributed by atoms with Gasteiger partial charge >= 0.3 is 0 Å². The van der Waals surface area contributed by atoms with Gasteiger partial charge in [0.2, 0.25) is 5.71 Å². The number of rotatable bonds is 4. The Morgan fingerprint density at radius 3 is 2.32 bits per heavy atom. The Balaban J connectivity index is 1.80. The molecular formula is C17H15N4O+. The largest absolute Gasteiger partial charge is 0.457 e. The SMILES string of the molecule is Nc1ncncc1C(=[NH2+])c1ccc(Oc2ccccc2)cc1. The fourth-order valence-electron chi connectivity index (χ4n) is 2.03. The monoisotopic (exact) mass is 291 g/mol. The molecule has 0 fully saturated rings. The normalized spacial score (nSPS) is 10.2. The number of aromatic nitrogens is 2. The highest BCUT2D eigenvalue weighted by atomic mass is 16.5. The summed E-state index contributed by atoms with van der Waals surface area (Å²) >= 11 is 0. The minimum Gasteiger partial charge on any atom is -0.457 e. The predicted octanol–water partition coefficient (Wildman–Crippen LogP) is 1.45. The van der Waals surface area contributed by atoms with Crippen molar-refractivity contribution in [2.24, 2.45) is 0 Å². The first kappa shape index (κ1) is 13.8. The number of nitrogen functional groups attached to an aromatic ring is 1. The van der Waals surface area contributed by atoms with Gasteiger partial charge in [-0.1, -0.05) is 18.2 Å². The van der Waals surface area contributed by atoms with E-state index in [0.29, 0.717) is 17.1 Å². The third-order valence-corrected chi connectivity index (χ3v) is 3.18. The Hall–Kier alpha value is -3.21. The van der Waals surface area contributed by atoms with Crippen molar-refractivity contribution in [3.8, 4) is 11.5 Å². The number of benzene rings is 2. The molecule has 0 amide bonds. The van der Waals surface area contributed by atoms with Crippen molar-refractivity contribution in [2.45, 2.75) is 0 Å². The Morgan fingerprint density at radius 1 is 0.955 bits per heavy atom. The van der Waals surface area contributed by atoms with E-state index in [-0.39, 0.29) is 0 Å². The lowest BCUT2D eigenvalue weighted by molar-refractivity contribution is -0.111. The van der Waals surface area contributed by atoms with Crippen molar-refractivity contribution in [2.75, 3.05) is 5.73 Å². The molecule has 22 heavy (non-hydrogen) atoms. The van der Waals surface area contributed by atoms with Crippen LogP contribution in [-0.2, 0) is 0 Å². The van der Waals surface area contributed by atoms with Crippen LogP contribution in [0.5, 0.6) is 11.5 Å². The highest BCUT2D eigenvalue weighted by Gasteiger charge is 2.14. The van der Waals surface area contributed by atoms with E-state index in [0.717, 1.165) is 17.1 Å². The van der Waals surface area contributed by atoms with Gasteiger partial charge in [-0.3, -0.25) is 5.41 Å². The van der Waals surface area contributed by atoms with Crippen molar-refractivity contribution < 1.29 is 10.1 Å². The van der Waals surface area contributed by atoms with E-state index in [2.05, 4.69) is 9.97 Å². The van der Waals surface area contributed by atoms with Gasteiger partial charge in [0.05, 0.1) is 0 Å². The minimum absolute atomic E-state index is 0.358. The summed E-state index contributed by atoms with van der Waals surface area (Å²) in [6.45, 7) is 0. The molecule has 0 atom stereocenters. The maximum Gasteiger partial charge on any atom is 0.216 e. The van der Waals surface area contributed by atoms with E-state index in [1.807, 2.05) is 54.6 Å². The lowest BCUT2D eigenvalue weighted by Gasteiger charge is -2.06. The summed E-state index contributed by atoms with van der Waals surface area (Å²) in [6.07, 6.45) is 2.99. The molecule has 5 heteroatoms. The van der Waals surface area contributed by atoms with Crippen molar-refractivity contribution in [3.05, 3.63) is 78.2 Å². The van der Waals surface area contributed by atoms with Gasteiger partial charge in [-0.25, -0.2) is 9.97 Å². The summed E-state index contributed by atoms with van der Waals surface area (Å²) < 4.78 is 5.74. The zero-order valence-electron chi connectivity index (χ0n) is 11.8. The molecule has 0 unspecified atom stereocenters. The van der Waals surface area contributed by atoms with Gasteiger partial charge < -0.3 is 10.5 Å². The Labute approximate surface area is 127 Å². The molecule has 4 N–H and O–H groups in total. The average molecular weight is 291 g/mol. The molecule has 0 spiro atoms. The highest BCUT2D eigenvalue weighted by molar-refractivity contribution is 6.11. The van der Waals surface area contributed by atoms with Crippen LogP contribution in [-0.4, -0.2) is 15.7 Å². The molecule has 0 bridgehead atoms. The van der Waals surface area contributed by atoms with Gasteiger partial charge in [0.15, 0.2) is 0 Å². The van der Waals surface area contributed by atoms with Crippen LogP contribution >= 0.6 is 0 Å². The van der Waals surface area contributed by atoms with E-state index in [1.165, 1.54) is 6.33 Å². The van der Waals surface area contributed by atoms with Crippen LogP contribution in [0.4, 0.5) is 5.82 Å². The molecule has 1 heterocycles. The smallest absolute Gasteiger partial charge is 0.216 e. The molecule has 1 aromatic heterocycles. The molecule has 3 rings (SSSR count). The zero-order chi connectivity index (χ0) is 15.4. The summed E-state index contributed by atoms with van der Waals surface area (Å²) in [5.74, 6) is 1.88. The molecule has 3 aromatic rings. The van der Waals surface area contributed by atoms with E-state index in [1.54, 1.807) is 6.20 Å². The third-order valence-electron chi connectivity index (χ3n) is 3.18. The van der Waals surface area contributed by atoms with Crippen LogP contribution in [0.1, 0.15) is 11.1 Å². The maximum atomic E-state index is 6.14. The lowest BCUT2D eigenvalue weighted by Crippen LogP contribution is -2.41. The van der Waals surface area contributed by atoms with E-state index in [4.69, 9.17) is 15.9 Å². The molecular weight excluding hydrogens is 276 g/mol. The van der Waals surface area contributed by atoms with Gasteiger partial charge in [0.1, 0.15) is 29.2 Å². The fraction of sp³-hybridized carbons (Fsp3) is 0. The molecule has 0 saturated heterocycles. The number of hydrogen-bond donors (Lipinski definition) is 2. The Kier molecular flexibility index (Phi) is 3.78. The van der Waals surface area contributed by atoms with Gasteiger partial charge in [0.25, 0.3) is 0 Å². The first-order valence-corrected chi connectivity index (χ1v) is 6.75. The number of nitrogens with zero attached hydrogens (tertiary/aromatic N) is 2. The van der Waals surface area contributed by atoms with Crippen molar-refractivity contribution in [3.63, 3.8) is 0 Å². The zero-order valence-corrected chi connectivity index (χ0v) is 11.8. The lowest BCUT2D eigenvalue weighted by atomic mass is 10.0. The topological polar surface area (TPSA) is 86.6 Å². The van der Waals surface area contributed by atoms with E-state index < -0.39 is 0 Å². The van der Waals surface area contributed by atoms with Crippen LogP contribution in [0.25, 0.3) is 0 Å². The fourth-order valence-corrected chi connectivity index (χ4v) is 2.03. The quantitative estimate of drug-likeness (QED) is 0.712. The van der Waals surface area contributed by atoms with Crippen LogP contribution in [0.15, 0.2) is 67.1 Å². The summed E-state index contributed by atoms with van der Waals surface area (Å²) in [6, 6.07) is 17.1. The standard InChI is InChI=1S/C17H14N4O/c18-16(15-10-20-11-21-17(15)19)12-6-8-14(9-7-12)22-13-4-2-1-3-5-13/h1-11,18H,(H2,19,20,21)/p+1.